The quantitative estimate of drug-likeness (QED) is 0.00756. The number of fused-ring (bicyclic) bond motifs is 1. The zero-order chi connectivity index (χ0) is 51.5. The van der Waals surface area contributed by atoms with Gasteiger partial charge in [0.25, 0.3) is 50.6 Å². The van der Waals surface area contributed by atoms with Gasteiger partial charge in [-0.1, -0.05) is 17.2 Å². The molecule has 0 spiro atoms. The molecule has 0 aliphatic carbocycles. The van der Waals surface area contributed by atoms with Crippen LogP contribution in [0, 0.1) is 0 Å². The Balaban J connectivity index is 1.18. The van der Waals surface area contributed by atoms with E-state index in [-0.39, 0.29) is 93.0 Å². The van der Waals surface area contributed by atoms with Gasteiger partial charge in [0.2, 0.25) is 17.8 Å². The molecule has 0 saturated carbocycles. The number of rotatable bonds is 21. The first kappa shape index (κ1) is 52.4. The Kier molecular flexibility index (Phi) is 15.3. The summed E-state index contributed by atoms with van der Waals surface area (Å²) in [4.78, 5) is 12.1. The van der Waals surface area contributed by atoms with Crippen LogP contribution in [0.15, 0.2) is 131 Å². The summed E-state index contributed by atoms with van der Waals surface area (Å²) in [6.07, 6.45) is -0.210. The Morgan fingerprint density at radius 2 is 1.30 bits per heavy atom. The SMILES string of the molecule is O=S(=O)(O)CCCOc1cc(N=Nc2cc(SOOO)ccc2S(=O)(=O)O)ccc1Nc1nc(Nc2ccc(N=Nc3cc(S(=O)(=O)O)c4cccc(S(=O)(=O)O)c4c3)cc2)nc(N2CC2S(=O)(=O)O)n1. The topological polar surface area (TPSA) is 435 Å². The number of hydrogen-bond donors (Lipinski definition) is 8. The standard InChI is InChI=1S/C36H32N10O19S6/c47-64-65-66-24-10-12-31(69(54,55)56)28(18-24)45-43-22-9-11-27(29(16-22)63-13-2-14-67(48,49)50)38-35-39-34(40-36(41-35)46-19-33(46)71(60,61)62)37-20-5-7-21(8-6-20)42-44-23-15-26-25(32(17-23)70(57,58)59)3-1-4-30(26)68(51,52)53/h1,3-12,15-18,33,47H,2,13-14,19H2,(H,48,49,50)(H,51,52,53)(H,54,55,56)(H,57,58,59)(H,60,61,62)(H2,37,38,39,40,41). The summed E-state index contributed by atoms with van der Waals surface area (Å²) in [7, 11) is -23.6. The van der Waals surface area contributed by atoms with Gasteiger partial charge in [-0.25, -0.2) is 5.26 Å². The van der Waals surface area contributed by atoms with Gasteiger partial charge in [-0.15, -0.1) is 9.45 Å². The highest BCUT2D eigenvalue weighted by Crippen LogP contribution is 2.38. The van der Waals surface area contributed by atoms with Crippen molar-refractivity contribution in [3.8, 4) is 5.75 Å². The molecular weight excluding hydrogens is 1070 g/mol. The Morgan fingerprint density at radius 3 is 1.93 bits per heavy atom. The maximum atomic E-state index is 12.2. The van der Waals surface area contributed by atoms with Crippen LogP contribution in [0.5, 0.6) is 5.75 Å². The van der Waals surface area contributed by atoms with E-state index >= 15 is 0 Å². The van der Waals surface area contributed by atoms with Crippen molar-refractivity contribution in [2.24, 2.45) is 20.5 Å². The van der Waals surface area contributed by atoms with Crippen LogP contribution in [0.25, 0.3) is 10.8 Å². The van der Waals surface area contributed by atoms with Crippen LogP contribution in [0.2, 0.25) is 0 Å². The van der Waals surface area contributed by atoms with Crippen LogP contribution in [-0.4, -0.2) is 109 Å². The number of ether oxygens (including phenoxy) is 1. The molecule has 71 heavy (non-hydrogen) atoms. The van der Waals surface area contributed by atoms with Crippen molar-refractivity contribution in [1.82, 2.24) is 15.0 Å². The van der Waals surface area contributed by atoms with Gasteiger partial charge in [-0.2, -0.15) is 72.4 Å². The minimum atomic E-state index is -4.93. The Hall–Kier alpha value is -6.45. The van der Waals surface area contributed by atoms with E-state index in [2.05, 4.69) is 55.4 Å². The van der Waals surface area contributed by atoms with E-state index in [4.69, 9.17) is 9.99 Å². The predicted molar refractivity (Wildman–Crippen MR) is 247 cm³/mol. The molecule has 0 radical (unpaired) electrons. The minimum Gasteiger partial charge on any atom is -0.491 e. The maximum Gasteiger partial charge on any atom is 0.296 e. The molecule has 7 rings (SSSR count). The lowest BCUT2D eigenvalue weighted by molar-refractivity contribution is -0.432. The normalized spacial score (nSPS) is 14.6. The van der Waals surface area contributed by atoms with Crippen LogP contribution in [0.3, 0.4) is 0 Å². The summed E-state index contributed by atoms with van der Waals surface area (Å²) < 4.78 is 178. The molecule has 1 aliphatic heterocycles. The van der Waals surface area contributed by atoms with Crippen molar-refractivity contribution in [1.29, 1.82) is 0 Å². The summed E-state index contributed by atoms with van der Waals surface area (Å²) >= 11 is 0.455. The minimum absolute atomic E-state index is 0.0113. The molecule has 6 aromatic rings. The third kappa shape index (κ3) is 13.9. The molecular formula is C36H32N10O19S6. The van der Waals surface area contributed by atoms with Crippen LogP contribution in [-0.2, 0) is 60.0 Å². The molecule has 0 amide bonds. The highest BCUT2D eigenvalue weighted by atomic mass is 32.2. The fourth-order valence-corrected chi connectivity index (χ4v) is 9.87. The average molecular weight is 1100 g/mol. The lowest BCUT2D eigenvalue weighted by Crippen LogP contribution is -2.15. The lowest BCUT2D eigenvalue weighted by atomic mass is 10.1. The van der Waals surface area contributed by atoms with E-state index in [1.807, 2.05) is 0 Å². The van der Waals surface area contributed by atoms with Crippen molar-refractivity contribution >= 4 is 125 Å². The molecule has 376 valence electrons. The largest absolute Gasteiger partial charge is 0.491 e. The molecule has 1 saturated heterocycles. The first-order valence-electron chi connectivity index (χ1n) is 19.2. The van der Waals surface area contributed by atoms with E-state index in [0.29, 0.717) is 12.0 Å². The fourth-order valence-electron chi connectivity index (χ4n) is 6.20. The molecule has 2 heterocycles. The lowest BCUT2D eigenvalue weighted by Gasteiger charge is -2.15. The van der Waals surface area contributed by atoms with E-state index < -0.39 is 76.4 Å². The average Bonchev–Trinajstić information content (AvgIpc) is 4.10. The number of aromatic nitrogens is 3. The maximum absolute atomic E-state index is 12.2. The molecule has 8 N–H and O–H groups in total. The van der Waals surface area contributed by atoms with Gasteiger partial charge in [0.05, 0.1) is 53.7 Å². The van der Waals surface area contributed by atoms with Gasteiger partial charge >= 0.3 is 0 Å². The number of benzene rings is 5. The molecule has 1 fully saturated rings. The summed E-state index contributed by atoms with van der Waals surface area (Å²) in [5.41, 5.74) is -0.107. The number of hydrogen-bond acceptors (Lipinski definition) is 25. The zero-order valence-corrected chi connectivity index (χ0v) is 40.0. The first-order chi connectivity index (χ1) is 33.2. The van der Waals surface area contributed by atoms with Gasteiger partial charge in [-0.3, -0.25) is 22.8 Å². The third-order valence-corrected chi connectivity index (χ3v) is 14.5. The zero-order valence-electron chi connectivity index (χ0n) is 35.1. The molecule has 29 nitrogen and oxygen atoms in total. The first-order valence-corrected chi connectivity index (χ1v) is 27.4. The Morgan fingerprint density at radius 1 is 0.648 bits per heavy atom. The summed E-state index contributed by atoms with van der Waals surface area (Å²) in [6, 6.07) is 18.5. The smallest absolute Gasteiger partial charge is 0.296 e. The van der Waals surface area contributed by atoms with Gasteiger partial charge < -0.3 is 20.3 Å². The van der Waals surface area contributed by atoms with Crippen LogP contribution in [0.1, 0.15) is 6.42 Å². The van der Waals surface area contributed by atoms with Crippen molar-refractivity contribution < 1.29 is 84.2 Å². The van der Waals surface area contributed by atoms with Crippen molar-refractivity contribution in [3.63, 3.8) is 0 Å². The van der Waals surface area contributed by atoms with Gasteiger partial charge in [0.15, 0.2) is 5.37 Å². The number of nitrogens with one attached hydrogen (secondary N) is 2. The molecule has 1 unspecified atom stereocenters. The van der Waals surface area contributed by atoms with E-state index in [9.17, 15) is 64.9 Å². The summed E-state index contributed by atoms with van der Waals surface area (Å²) in [6.45, 7) is -0.530. The highest BCUT2D eigenvalue weighted by Gasteiger charge is 2.46. The Labute approximate surface area is 405 Å². The fraction of sp³-hybridized carbons (Fsp3) is 0.139. The monoisotopic (exact) mass is 1100 g/mol. The van der Waals surface area contributed by atoms with Gasteiger partial charge in [-0.05, 0) is 79.2 Å². The van der Waals surface area contributed by atoms with E-state index in [0.717, 1.165) is 35.2 Å². The predicted octanol–water partition coefficient (Wildman–Crippen LogP) is 6.20. The second-order valence-electron chi connectivity index (χ2n) is 14.3. The number of nitrogens with zero attached hydrogens (tertiary/aromatic N) is 8. The molecule has 35 heteroatoms. The number of azo groups is 2. The molecule has 1 atom stereocenters. The second-order valence-corrected chi connectivity index (χ2v) is 22.4. The summed E-state index contributed by atoms with van der Waals surface area (Å²) in [5, 5.41) is 31.9. The van der Waals surface area contributed by atoms with Crippen molar-refractivity contribution in [2.45, 2.75) is 31.4 Å². The highest BCUT2D eigenvalue weighted by molar-refractivity contribution is 7.94. The van der Waals surface area contributed by atoms with E-state index in [1.54, 1.807) is 0 Å². The van der Waals surface area contributed by atoms with E-state index in [1.165, 1.54) is 60.7 Å². The van der Waals surface area contributed by atoms with Gasteiger partial charge in [0.1, 0.15) is 26.1 Å². The molecule has 1 aliphatic rings. The van der Waals surface area contributed by atoms with Crippen LogP contribution < -0.4 is 20.3 Å². The second kappa shape index (κ2) is 20.7. The molecule has 1 aromatic heterocycles. The van der Waals surface area contributed by atoms with Crippen LogP contribution >= 0.6 is 12.0 Å². The Bertz CT molecular complexity index is 3690. The van der Waals surface area contributed by atoms with Crippen molar-refractivity contribution in [2.75, 3.05) is 34.4 Å². The molecule has 5 aromatic carbocycles. The summed E-state index contributed by atoms with van der Waals surface area (Å²) in [5.74, 6) is -1.48. The van der Waals surface area contributed by atoms with Crippen LogP contribution in [0.4, 0.5) is 52.0 Å². The van der Waals surface area contributed by atoms with Gasteiger partial charge in [0, 0.05) is 27.4 Å². The number of anilines is 5. The molecule has 0 bridgehead atoms. The van der Waals surface area contributed by atoms with Crippen molar-refractivity contribution in [3.05, 3.63) is 91.0 Å². The third-order valence-electron chi connectivity index (χ3n) is 9.31.